The Labute approximate surface area is 192 Å². The van der Waals surface area contributed by atoms with Crippen LogP contribution in [0.4, 0.5) is 25.0 Å². The smallest absolute Gasteiger partial charge is 0.414 e. The molecule has 1 aromatic rings. The second-order valence-corrected chi connectivity index (χ2v) is 11.9. The van der Waals surface area contributed by atoms with Gasteiger partial charge >= 0.3 is 6.09 Å². The molecule has 3 saturated heterocycles. The Morgan fingerprint density at radius 3 is 2.30 bits per heavy atom. The summed E-state index contributed by atoms with van der Waals surface area (Å²) in [6, 6.07) is 2.30. The second kappa shape index (κ2) is 8.59. The van der Waals surface area contributed by atoms with Gasteiger partial charge in [0.25, 0.3) is 0 Å². The predicted octanol–water partition coefficient (Wildman–Crippen LogP) is 3.41. The van der Waals surface area contributed by atoms with Gasteiger partial charge in [-0.05, 0) is 37.5 Å². The van der Waals surface area contributed by atoms with E-state index in [2.05, 4.69) is 5.32 Å². The van der Waals surface area contributed by atoms with Crippen molar-refractivity contribution >= 4 is 34.0 Å². The van der Waals surface area contributed by atoms with Crippen molar-refractivity contribution in [3.05, 3.63) is 23.8 Å². The number of carbonyl (C=O) groups is 2. The Morgan fingerprint density at radius 1 is 1.09 bits per heavy atom. The molecule has 0 radical (unpaired) electrons. The number of piperidine rings is 1. The highest BCUT2D eigenvalue weighted by Crippen LogP contribution is 2.55. The first-order valence-electron chi connectivity index (χ1n) is 11.4. The molecule has 0 bridgehead atoms. The van der Waals surface area contributed by atoms with Crippen LogP contribution in [-0.2, 0) is 9.53 Å². The quantitative estimate of drug-likeness (QED) is 0.571. The molecule has 4 fully saturated rings. The summed E-state index contributed by atoms with van der Waals surface area (Å²) in [7, 11) is -2.39. The number of anilines is 2. The van der Waals surface area contributed by atoms with Crippen molar-refractivity contribution in [2.24, 2.45) is 17.8 Å². The molecule has 182 valence electrons. The summed E-state index contributed by atoms with van der Waals surface area (Å²) in [5, 5.41) is 2.75. The van der Waals surface area contributed by atoms with Gasteiger partial charge < -0.3 is 15.0 Å². The van der Waals surface area contributed by atoms with Crippen LogP contribution < -0.4 is 15.1 Å². The van der Waals surface area contributed by atoms with Crippen molar-refractivity contribution in [3.63, 3.8) is 0 Å². The third-order valence-electron chi connectivity index (χ3n) is 7.12. The highest BCUT2D eigenvalue weighted by molar-refractivity contribution is 8.25. The average Bonchev–Trinajstić information content (AvgIpc) is 3.53. The first-order chi connectivity index (χ1) is 15.7. The van der Waals surface area contributed by atoms with E-state index in [9.17, 15) is 27.5 Å². The molecule has 0 aromatic heterocycles. The Bertz CT molecular complexity index is 921. The molecule has 1 atom stereocenters. The maximum atomic E-state index is 15.0. The third-order valence-corrected chi connectivity index (χ3v) is 9.05. The summed E-state index contributed by atoms with van der Waals surface area (Å²) in [4.78, 5) is 26.9. The van der Waals surface area contributed by atoms with E-state index < -0.39 is 34.4 Å². The molecule has 0 unspecified atom stereocenters. The Morgan fingerprint density at radius 2 is 1.73 bits per heavy atom. The van der Waals surface area contributed by atoms with Gasteiger partial charge in [-0.15, -0.1) is 0 Å². The van der Waals surface area contributed by atoms with Gasteiger partial charge in [0.15, 0.2) is 11.6 Å². The maximum Gasteiger partial charge on any atom is 0.414 e. The lowest BCUT2D eigenvalue weighted by Gasteiger charge is -2.51. The minimum atomic E-state index is -2.39. The number of ether oxygens (including phenoxy) is 1. The van der Waals surface area contributed by atoms with E-state index in [-0.39, 0.29) is 42.2 Å². The van der Waals surface area contributed by atoms with Crippen LogP contribution in [0.3, 0.4) is 0 Å². The molecule has 1 aliphatic carbocycles. The summed E-state index contributed by atoms with van der Waals surface area (Å²) in [6.07, 6.45) is 1.97. The lowest BCUT2D eigenvalue weighted by atomic mass is 9.85. The van der Waals surface area contributed by atoms with Crippen LogP contribution in [0.15, 0.2) is 12.1 Å². The molecule has 3 aliphatic heterocycles. The normalized spacial score (nSPS) is 26.7. The fourth-order valence-electron chi connectivity index (χ4n) is 5.06. The van der Waals surface area contributed by atoms with Gasteiger partial charge in [-0.2, -0.15) is 10.6 Å². The van der Waals surface area contributed by atoms with Crippen LogP contribution in [0.2, 0.25) is 0 Å². The van der Waals surface area contributed by atoms with Gasteiger partial charge in [0.1, 0.15) is 11.8 Å². The van der Waals surface area contributed by atoms with E-state index in [0.29, 0.717) is 30.5 Å². The largest absolute Gasteiger partial charge is 0.442 e. The average molecular weight is 486 g/mol. The van der Waals surface area contributed by atoms with Gasteiger partial charge in [0, 0.05) is 42.6 Å². The lowest BCUT2D eigenvalue weighted by Crippen LogP contribution is -2.44. The molecule has 2 amide bonds. The summed E-state index contributed by atoms with van der Waals surface area (Å²) in [5.74, 6) is 0.00492. The molecule has 3 N–H and O–H groups in total. The van der Waals surface area contributed by atoms with Crippen LogP contribution in [0.1, 0.15) is 25.7 Å². The zero-order valence-corrected chi connectivity index (χ0v) is 19.0. The standard InChI is InChI=1S/C22H29F2N3O5S/c23-18-7-16(27-10-17(32-22(27)29)9-25-21(28)14-1-2-14)8-19(24)20(18)26-5-3-13(4-6-26)15-11-33(30,31)12-15/h7-8,13-15,17,30-31H,1-6,9-12H2,(H,25,28)/t17-/m0/s1. The van der Waals surface area contributed by atoms with E-state index in [1.165, 1.54) is 4.90 Å². The molecular weight excluding hydrogens is 456 g/mol. The lowest BCUT2D eigenvalue weighted by molar-refractivity contribution is -0.122. The highest BCUT2D eigenvalue weighted by Gasteiger charge is 2.40. The Balaban J connectivity index is 1.20. The zero-order chi connectivity index (χ0) is 23.3. The molecule has 0 spiro atoms. The van der Waals surface area contributed by atoms with E-state index in [0.717, 1.165) is 37.8 Å². The number of amides is 2. The van der Waals surface area contributed by atoms with Crippen LogP contribution >= 0.6 is 10.6 Å². The van der Waals surface area contributed by atoms with Crippen LogP contribution in [0.25, 0.3) is 0 Å². The molecule has 8 nitrogen and oxygen atoms in total. The van der Waals surface area contributed by atoms with E-state index in [1.807, 2.05) is 0 Å². The van der Waals surface area contributed by atoms with Gasteiger partial charge in [-0.1, -0.05) is 0 Å². The van der Waals surface area contributed by atoms with Gasteiger partial charge in [-0.25, -0.2) is 13.6 Å². The highest BCUT2D eigenvalue weighted by atomic mass is 32.3. The second-order valence-electron chi connectivity index (χ2n) is 9.61. The third kappa shape index (κ3) is 4.76. The number of nitrogens with zero attached hydrogens (tertiary/aromatic N) is 2. The molecule has 1 aromatic carbocycles. The number of benzene rings is 1. The summed E-state index contributed by atoms with van der Waals surface area (Å²) >= 11 is 0. The number of hydrogen-bond donors (Lipinski definition) is 3. The molecule has 11 heteroatoms. The van der Waals surface area contributed by atoms with Crippen LogP contribution in [-0.4, -0.2) is 64.9 Å². The first kappa shape index (κ1) is 22.7. The summed E-state index contributed by atoms with van der Waals surface area (Å²) in [5.41, 5.74) is -0.0137. The van der Waals surface area contributed by atoms with Crippen molar-refractivity contribution in [3.8, 4) is 0 Å². The molecule has 33 heavy (non-hydrogen) atoms. The Kier molecular flexibility index (Phi) is 5.90. The fraction of sp³-hybridized carbons (Fsp3) is 0.636. The van der Waals surface area contributed by atoms with E-state index in [4.69, 9.17) is 4.74 Å². The maximum absolute atomic E-state index is 15.0. The van der Waals surface area contributed by atoms with Gasteiger partial charge in [-0.3, -0.25) is 18.8 Å². The van der Waals surface area contributed by atoms with Crippen molar-refractivity contribution in [1.29, 1.82) is 0 Å². The molecular formula is C22H29F2N3O5S. The minimum absolute atomic E-state index is 0.0479. The van der Waals surface area contributed by atoms with Crippen molar-refractivity contribution in [2.75, 3.05) is 47.5 Å². The number of cyclic esters (lactones) is 1. The van der Waals surface area contributed by atoms with Gasteiger partial charge in [0.2, 0.25) is 5.91 Å². The number of hydrogen-bond acceptors (Lipinski definition) is 6. The molecule has 3 heterocycles. The van der Waals surface area contributed by atoms with Crippen molar-refractivity contribution in [1.82, 2.24) is 5.32 Å². The minimum Gasteiger partial charge on any atom is -0.442 e. The molecule has 5 rings (SSSR count). The van der Waals surface area contributed by atoms with E-state index >= 15 is 0 Å². The SMILES string of the molecule is O=C(NC[C@H]1CN(c2cc(F)c(N3CCC(C4CS(O)(O)C4)CC3)c(F)c2)C(=O)O1)C1CC1. The van der Waals surface area contributed by atoms with Crippen LogP contribution in [0.5, 0.6) is 0 Å². The summed E-state index contributed by atoms with van der Waals surface area (Å²) in [6.45, 7) is 1.25. The molecule has 4 aliphatic rings. The first-order valence-corrected chi connectivity index (χ1v) is 13.3. The van der Waals surface area contributed by atoms with Gasteiger partial charge in [0.05, 0.1) is 18.8 Å². The Hall–Kier alpha value is -2.11. The topological polar surface area (TPSA) is 102 Å². The number of carbonyl (C=O) groups excluding carboxylic acids is 2. The number of rotatable bonds is 6. The fourth-order valence-corrected chi connectivity index (χ4v) is 6.87. The zero-order valence-electron chi connectivity index (χ0n) is 18.2. The number of nitrogens with one attached hydrogen (secondary N) is 1. The predicted molar refractivity (Wildman–Crippen MR) is 121 cm³/mol. The van der Waals surface area contributed by atoms with Crippen molar-refractivity contribution < 1.29 is 32.2 Å². The molecule has 1 saturated carbocycles. The van der Waals surface area contributed by atoms with E-state index in [1.54, 1.807) is 4.90 Å². The van der Waals surface area contributed by atoms with Crippen LogP contribution in [0, 0.1) is 29.4 Å². The summed E-state index contributed by atoms with van der Waals surface area (Å²) < 4.78 is 54.4. The van der Waals surface area contributed by atoms with Crippen molar-refractivity contribution in [2.45, 2.75) is 31.8 Å². The monoisotopic (exact) mass is 485 g/mol. The number of halogens is 2.